The molecule has 5 aliphatic rings. The summed E-state index contributed by atoms with van der Waals surface area (Å²) in [6, 6.07) is 0. The topological polar surface area (TPSA) is 61.8 Å². The Balaban J connectivity index is 1.47. The van der Waals surface area contributed by atoms with Crippen LogP contribution in [0.2, 0.25) is 0 Å². The van der Waals surface area contributed by atoms with Crippen LogP contribution in [0.3, 0.4) is 0 Å². The zero-order valence-electron chi connectivity index (χ0n) is 19.1. The van der Waals surface area contributed by atoms with Crippen LogP contribution in [0.5, 0.6) is 0 Å². The van der Waals surface area contributed by atoms with E-state index in [-0.39, 0.29) is 47.8 Å². The molecule has 5 saturated carbocycles. The van der Waals surface area contributed by atoms with Crippen molar-refractivity contribution in [3.05, 3.63) is 0 Å². The summed E-state index contributed by atoms with van der Waals surface area (Å²) in [5.41, 5.74) is -0.252. The second-order valence-electron chi connectivity index (χ2n) is 10.5. The van der Waals surface area contributed by atoms with E-state index in [1.54, 1.807) is 0 Å². The monoisotopic (exact) mass is 420 g/mol. The quantitative estimate of drug-likeness (QED) is 0.397. The maximum Gasteiger partial charge on any atom is 0.310 e. The van der Waals surface area contributed by atoms with E-state index in [2.05, 4.69) is 13.8 Å². The molecule has 5 fully saturated rings. The molecule has 0 amide bonds. The van der Waals surface area contributed by atoms with Gasteiger partial charge in [-0.05, 0) is 81.5 Å². The first kappa shape index (κ1) is 22.1. The number of hydrogen-bond acceptors (Lipinski definition) is 5. The van der Waals surface area contributed by atoms with Gasteiger partial charge in [-0.1, -0.05) is 26.7 Å². The molecule has 4 atom stereocenters. The molecule has 0 aromatic carbocycles. The molecular weight excluding hydrogens is 380 g/mol. The van der Waals surface area contributed by atoms with Crippen LogP contribution >= 0.6 is 0 Å². The Labute approximate surface area is 181 Å². The molecule has 4 bridgehead atoms. The molecule has 5 nitrogen and oxygen atoms in total. The maximum atomic E-state index is 13.6. The number of ether oxygens (including phenoxy) is 3. The first-order valence-electron chi connectivity index (χ1n) is 12.5. The maximum absolute atomic E-state index is 13.6. The van der Waals surface area contributed by atoms with Gasteiger partial charge in [-0.2, -0.15) is 0 Å². The minimum Gasteiger partial charge on any atom is -0.463 e. The van der Waals surface area contributed by atoms with E-state index in [9.17, 15) is 9.59 Å². The Hall–Kier alpha value is -1.10. The van der Waals surface area contributed by atoms with E-state index in [1.165, 1.54) is 19.3 Å². The van der Waals surface area contributed by atoms with Crippen molar-refractivity contribution < 1.29 is 23.8 Å². The highest BCUT2D eigenvalue weighted by Crippen LogP contribution is 2.58. The van der Waals surface area contributed by atoms with Crippen LogP contribution in [0.4, 0.5) is 0 Å². The molecular formula is C25H40O5. The second kappa shape index (κ2) is 9.18. The molecule has 0 radical (unpaired) electrons. The zero-order valence-corrected chi connectivity index (χ0v) is 19.1. The predicted molar refractivity (Wildman–Crippen MR) is 114 cm³/mol. The van der Waals surface area contributed by atoms with Crippen LogP contribution in [0.25, 0.3) is 0 Å². The Morgan fingerprint density at radius 3 is 1.80 bits per heavy atom. The van der Waals surface area contributed by atoms with E-state index in [0.29, 0.717) is 13.2 Å². The number of carbonyl (C=O) groups is 2. The van der Waals surface area contributed by atoms with Gasteiger partial charge in [0.25, 0.3) is 0 Å². The Bertz CT molecular complexity index is 594. The molecule has 0 aromatic rings. The molecule has 5 aliphatic carbocycles. The summed E-state index contributed by atoms with van der Waals surface area (Å²) in [7, 11) is 0. The molecule has 4 unspecified atom stereocenters. The number of rotatable bonds is 9. The summed E-state index contributed by atoms with van der Waals surface area (Å²) in [4.78, 5) is 26.6. The van der Waals surface area contributed by atoms with E-state index in [1.807, 2.05) is 6.92 Å². The lowest BCUT2D eigenvalue weighted by atomic mass is 9.54. The van der Waals surface area contributed by atoms with Crippen LogP contribution in [-0.2, 0) is 23.8 Å². The van der Waals surface area contributed by atoms with Crippen molar-refractivity contribution in [1.29, 1.82) is 0 Å². The molecule has 5 rings (SSSR count). The summed E-state index contributed by atoms with van der Waals surface area (Å²) in [5, 5.41) is 0. The van der Waals surface area contributed by atoms with Gasteiger partial charge in [0.1, 0.15) is 12.2 Å². The van der Waals surface area contributed by atoms with Gasteiger partial charge in [0.15, 0.2) is 0 Å². The molecule has 5 heteroatoms. The summed E-state index contributed by atoms with van der Waals surface area (Å²) < 4.78 is 17.3. The number of hydrogen-bond donors (Lipinski definition) is 0. The fraction of sp³-hybridized carbons (Fsp3) is 0.920. The molecule has 0 aromatic heterocycles. The summed E-state index contributed by atoms with van der Waals surface area (Å²) in [6.07, 6.45) is 9.79. The predicted octanol–water partition coefficient (Wildman–Crippen LogP) is 4.77. The van der Waals surface area contributed by atoms with Crippen LogP contribution in [0.15, 0.2) is 0 Å². The van der Waals surface area contributed by atoms with Crippen molar-refractivity contribution in [1.82, 2.24) is 0 Å². The average molecular weight is 421 g/mol. The summed E-state index contributed by atoms with van der Waals surface area (Å²) in [5.74, 6) is 1.53. The molecule has 30 heavy (non-hydrogen) atoms. The fourth-order valence-corrected chi connectivity index (χ4v) is 7.67. The lowest BCUT2D eigenvalue weighted by Gasteiger charge is -2.56. The molecule has 0 spiro atoms. The van der Waals surface area contributed by atoms with Crippen LogP contribution in [-0.4, -0.2) is 37.4 Å². The normalized spacial score (nSPS) is 41.8. The van der Waals surface area contributed by atoms with Crippen LogP contribution in [0.1, 0.15) is 78.6 Å². The average Bonchev–Trinajstić information content (AvgIpc) is 3.09. The molecule has 170 valence electrons. The third-order valence-corrected chi connectivity index (χ3v) is 8.58. The van der Waals surface area contributed by atoms with Gasteiger partial charge in [-0.25, -0.2) is 0 Å². The van der Waals surface area contributed by atoms with Crippen LogP contribution < -0.4 is 0 Å². The molecule has 0 saturated heterocycles. The van der Waals surface area contributed by atoms with Gasteiger partial charge in [0.2, 0.25) is 0 Å². The van der Waals surface area contributed by atoms with Crippen molar-refractivity contribution in [3.8, 4) is 0 Å². The van der Waals surface area contributed by atoms with Gasteiger partial charge < -0.3 is 14.2 Å². The third kappa shape index (κ3) is 4.28. The summed E-state index contributed by atoms with van der Waals surface area (Å²) in [6.45, 7) is 7.44. The SMILES string of the molecule is CCOCCOC(=O)C1C(CC)CC(CC)C1C(=O)OC12CC3CC(CC(C3)C1)C2. The van der Waals surface area contributed by atoms with Crippen molar-refractivity contribution in [3.63, 3.8) is 0 Å². The van der Waals surface area contributed by atoms with Gasteiger partial charge >= 0.3 is 11.9 Å². The minimum absolute atomic E-state index is 0.119. The molecule has 0 N–H and O–H groups in total. The number of esters is 2. The highest BCUT2D eigenvalue weighted by molar-refractivity contribution is 5.83. The highest BCUT2D eigenvalue weighted by atomic mass is 16.6. The Morgan fingerprint density at radius 1 is 0.767 bits per heavy atom. The fourth-order valence-electron chi connectivity index (χ4n) is 7.67. The van der Waals surface area contributed by atoms with Crippen molar-refractivity contribution >= 4 is 11.9 Å². The third-order valence-electron chi connectivity index (χ3n) is 8.58. The van der Waals surface area contributed by atoms with E-state index < -0.39 is 0 Å². The molecule has 0 aliphatic heterocycles. The van der Waals surface area contributed by atoms with Gasteiger partial charge in [-0.15, -0.1) is 0 Å². The smallest absolute Gasteiger partial charge is 0.310 e. The second-order valence-corrected chi connectivity index (χ2v) is 10.5. The first-order valence-corrected chi connectivity index (χ1v) is 12.5. The first-order chi connectivity index (χ1) is 14.5. The van der Waals surface area contributed by atoms with E-state index in [0.717, 1.165) is 56.3 Å². The van der Waals surface area contributed by atoms with Crippen molar-refractivity contribution in [2.24, 2.45) is 41.4 Å². The van der Waals surface area contributed by atoms with Crippen molar-refractivity contribution in [2.45, 2.75) is 84.2 Å². The molecule has 0 heterocycles. The zero-order chi connectivity index (χ0) is 21.3. The minimum atomic E-state index is -0.372. The van der Waals surface area contributed by atoms with Crippen molar-refractivity contribution in [2.75, 3.05) is 19.8 Å². The van der Waals surface area contributed by atoms with E-state index >= 15 is 0 Å². The largest absolute Gasteiger partial charge is 0.463 e. The van der Waals surface area contributed by atoms with Gasteiger partial charge in [-0.3, -0.25) is 9.59 Å². The Kier molecular flexibility index (Phi) is 6.76. The lowest BCUT2D eigenvalue weighted by Crippen LogP contribution is -2.53. The highest BCUT2D eigenvalue weighted by Gasteiger charge is 2.56. The van der Waals surface area contributed by atoms with Gasteiger partial charge in [0.05, 0.1) is 18.4 Å². The van der Waals surface area contributed by atoms with Gasteiger partial charge in [0, 0.05) is 6.61 Å². The van der Waals surface area contributed by atoms with Crippen LogP contribution in [0, 0.1) is 41.4 Å². The Morgan fingerprint density at radius 2 is 1.30 bits per heavy atom. The summed E-state index contributed by atoms with van der Waals surface area (Å²) >= 11 is 0. The number of carbonyl (C=O) groups excluding carboxylic acids is 2. The lowest BCUT2D eigenvalue weighted by molar-refractivity contribution is -0.195. The van der Waals surface area contributed by atoms with E-state index in [4.69, 9.17) is 14.2 Å². The standard InChI is InChI=1S/C25H40O5/c1-4-19-12-20(5-2)22(21(19)23(26)29-8-7-28-6-3)24(27)30-25-13-16-9-17(14-25)11-18(10-16)15-25/h16-22H,4-15H2,1-3H3.